The molecule has 0 aliphatic heterocycles. The lowest BCUT2D eigenvalue weighted by atomic mass is 10.0. The first-order valence-electron chi connectivity index (χ1n) is 7.70. The Morgan fingerprint density at radius 2 is 1.91 bits per heavy atom. The molecule has 0 bridgehead atoms. The molecule has 1 saturated carbocycles. The van der Waals surface area contributed by atoms with Gasteiger partial charge in [0.05, 0.1) is 6.10 Å². The van der Waals surface area contributed by atoms with Crippen molar-refractivity contribution in [3.05, 3.63) is 28.8 Å². The number of carbonyl (C=O) groups excluding carboxylic acids is 1. The Kier molecular flexibility index (Phi) is 5.60. The molecule has 2 N–H and O–H groups in total. The van der Waals surface area contributed by atoms with E-state index in [4.69, 9.17) is 14.6 Å². The van der Waals surface area contributed by atoms with Gasteiger partial charge >= 0.3 is 5.97 Å². The van der Waals surface area contributed by atoms with E-state index in [0.717, 1.165) is 30.4 Å². The van der Waals surface area contributed by atoms with Crippen LogP contribution in [0.25, 0.3) is 0 Å². The second kappa shape index (κ2) is 7.46. The minimum Gasteiger partial charge on any atom is -0.481 e. The van der Waals surface area contributed by atoms with Gasteiger partial charge in [-0.1, -0.05) is 0 Å². The second-order valence-corrected chi connectivity index (χ2v) is 5.96. The molecule has 126 valence electrons. The fourth-order valence-corrected chi connectivity index (χ4v) is 3.00. The van der Waals surface area contributed by atoms with Crippen LogP contribution in [0.1, 0.15) is 40.7 Å². The molecule has 1 aromatic rings. The number of ether oxygens (including phenoxy) is 2. The Morgan fingerprint density at radius 1 is 1.26 bits per heavy atom. The van der Waals surface area contributed by atoms with E-state index in [1.807, 2.05) is 0 Å². The molecule has 6 heteroatoms. The average molecular weight is 321 g/mol. The Bertz CT molecular complexity index is 576. The van der Waals surface area contributed by atoms with E-state index in [1.165, 1.54) is 0 Å². The van der Waals surface area contributed by atoms with Gasteiger partial charge < -0.3 is 19.9 Å². The largest absolute Gasteiger partial charge is 0.481 e. The molecular weight excluding hydrogens is 298 g/mol. The molecule has 0 saturated heterocycles. The first-order valence-corrected chi connectivity index (χ1v) is 7.70. The van der Waals surface area contributed by atoms with Crippen LogP contribution in [0.4, 0.5) is 0 Å². The van der Waals surface area contributed by atoms with Crippen LogP contribution in [0.15, 0.2) is 12.1 Å². The summed E-state index contributed by atoms with van der Waals surface area (Å²) in [7, 11) is 1.69. The summed E-state index contributed by atoms with van der Waals surface area (Å²) in [5.74, 6) is -0.633. The van der Waals surface area contributed by atoms with Crippen molar-refractivity contribution in [3.63, 3.8) is 0 Å². The molecule has 23 heavy (non-hydrogen) atoms. The van der Waals surface area contributed by atoms with E-state index in [2.05, 4.69) is 5.32 Å². The van der Waals surface area contributed by atoms with Gasteiger partial charge in [-0.25, -0.2) is 4.79 Å². The third-order valence-electron chi connectivity index (χ3n) is 4.12. The van der Waals surface area contributed by atoms with Gasteiger partial charge in [0.1, 0.15) is 5.75 Å². The molecule has 0 aromatic heterocycles. The molecule has 1 fully saturated rings. The molecule has 0 radical (unpaired) electrons. The first kappa shape index (κ1) is 17.3. The summed E-state index contributed by atoms with van der Waals surface area (Å²) in [5, 5.41) is 11.7. The third-order valence-corrected chi connectivity index (χ3v) is 4.12. The lowest BCUT2D eigenvalue weighted by Crippen LogP contribution is -2.33. The number of benzene rings is 1. The number of aliphatic carboxylic acids is 1. The van der Waals surface area contributed by atoms with Gasteiger partial charge in [-0.15, -0.1) is 0 Å². The molecule has 2 unspecified atom stereocenters. The van der Waals surface area contributed by atoms with Crippen molar-refractivity contribution in [3.8, 4) is 5.75 Å². The predicted octanol–water partition coefficient (Wildman–Crippen LogP) is 2.06. The van der Waals surface area contributed by atoms with Crippen LogP contribution in [0, 0.1) is 13.8 Å². The van der Waals surface area contributed by atoms with Crippen LogP contribution < -0.4 is 10.1 Å². The highest BCUT2D eigenvalue weighted by Gasteiger charge is 2.26. The molecule has 0 heterocycles. The van der Waals surface area contributed by atoms with Gasteiger partial charge in [-0.2, -0.15) is 0 Å². The van der Waals surface area contributed by atoms with Crippen LogP contribution in [0.3, 0.4) is 0 Å². The van der Waals surface area contributed by atoms with Crippen molar-refractivity contribution in [2.24, 2.45) is 0 Å². The Hall–Kier alpha value is -2.08. The maximum atomic E-state index is 12.4. The van der Waals surface area contributed by atoms with Crippen molar-refractivity contribution >= 4 is 11.9 Å². The van der Waals surface area contributed by atoms with E-state index in [9.17, 15) is 9.59 Å². The molecule has 2 rings (SSSR count). The zero-order valence-corrected chi connectivity index (χ0v) is 13.7. The van der Waals surface area contributed by atoms with Crippen LogP contribution in [-0.2, 0) is 9.53 Å². The van der Waals surface area contributed by atoms with Crippen molar-refractivity contribution in [2.75, 3.05) is 13.7 Å². The van der Waals surface area contributed by atoms with Gasteiger partial charge in [-0.3, -0.25) is 4.79 Å². The second-order valence-electron chi connectivity index (χ2n) is 5.96. The number of hydrogen-bond donors (Lipinski definition) is 2. The highest BCUT2D eigenvalue weighted by molar-refractivity contribution is 5.95. The fourth-order valence-electron chi connectivity index (χ4n) is 3.00. The van der Waals surface area contributed by atoms with Crippen molar-refractivity contribution < 1.29 is 24.2 Å². The molecule has 0 spiro atoms. The summed E-state index contributed by atoms with van der Waals surface area (Å²) in [4.78, 5) is 23.0. The minimum absolute atomic E-state index is 0.122. The number of carboxylic acid groups (broad SMARTS) is 1. The minimum atomic E-state index is -1.03. The normalized spacial score (nSPS) is 20.3. The maximum absolute atomic E-state index is 12.4. The molecule has 2 atom stereocenters. The zero-order valence-electron chi connectivity index (χ0n) is 13.7. The summed E-state index contributed by atoms with van der Waals surface area (Å²) in [6, 6.07) is 3.58. The average Bonchev–Trinajstić information content (AvgIpc) is 2.93. The van der Waals surface area contributed by atoms with Crippen LogP contribution in [0.5, 0.6) is 5.75 Å². The Balaban J connectivity index is 2.05. The zero-order chi connectivity index (χ0) is 17.0. The van der Waals surface area contributed by atoms with Gasteiger partial charge in [0.25, 0.3) is 5.91 Å². The SMILES string of the molecule is COC1CCC(NC(=O)c2cc(C)c(OCC(=O)O)c(C)c2)C1. The first-order chi connectivity index (χ1) is 10.9. The maximum Gasteiger partial charge on any atom is 0.341 e. The number of hydrogen-bond acceptors (Lipinski definition) is 4. The summed E-state index contributed by atoms with van der Waals surface area (Å²) >= 11 is 0. The number of amides is 1. The summed E-state index contributed by atoms with van der Waals surface area (Å²) < 4.78 is 10.6. The number of carboxylic acids is 1. The fraction of sp³-hybridized carbons (Fsp3) is 0.529. The van der Waals surface area contributed by atoms with E-state index in [-0.39, 0.29) is 18.1 Å². The molecule has 1 aromatic carbocycles. The molecular formula is C17H23NO5. The van der Waals surface area contributed by atoms with Gasteiger partial charge in [0.15, 0.2) is 6.61 Å². The lowest BCUT2D eigenvalue weighted by Gasteiger charge is -2.15. The van der Waals surface area contributed by atoms with E-state index >= 15 is 0 Å². The topological polar surface area (TPSA) is 84.9 Å². The van der Waals surface area contributed by atoms with Gasteiger partial charge in [0, 0.05) is 18.7 Å². The molecule has 1 aliphatic rings. The highest BCUT2D eigenvalue weighted by atomic mass is 16.5. The summed E-state index contributed by atoms with van der Waals surface area (Å²) in [6.45, 7) is 3.21. The monoisotopic (exact) mass is 321 g/mol. The predicted molar refractivity (Wildman–Crippen MR) is 84.9 cm³/mol. The van der Waals surface area contributed by atoms with Crippen LogP contribution >= 0.6 is 0 Å². The number of rotatable bonds is 6. The number of nitrogens with one attached hydrogen (secondary N) is 1. The quantitative estimate of drug-likeness (QED) is 0.838. The van der Waals surface area contributed by atoms with Crippen LogP contribution in [0.2, 0.25) is 0 Å². The molecule has 1 aliphatic carbocycles. The van der Waals surface area contributed by atoms with E-state index in [0.29, 0.717) is 11.3 Å². The van der Waals surface area contributed by atoms with E-state index < -0.39 is 12.6 Å². The smallest absolute Gasteiger partial charge is 0.341 e. The van der Waals surface area contributed by atoms with Crippen LogP contribution in [-0.4, -0.2) is 42.8 Å². The standard InChI is InChI=1S/C17H23NO5/c1-10-6-12(7-11(2)16(10)23-9-15(19)20)17(21)18-13-4-5-14(8-13)22-3/h6-7,13-14H,4-5,8-9H2,1-3H3,(H,18,21)(H,19,20). The van der Waals surface area contributed by atoms with Gasteiger partial charge in [-0.05, 0) is 56.4 Å². The van der Waals surface area contributed by atoms with Crippen molar-refractivity contribution in [1.82, 2.24) is 5.32 Å². The van der Waals surface area contributed by atoms with Gasteiger partial charge in [0.2, 0.25) is 0 Å². The third kappa shape index (κ3) is 4.45. The summed E-state index contributed by atoms with van der Waals surface area (Å²) in [5.41, 5.74) is 2.05. The molecule has 1 amide bonds. The molecule has 6 nitrogen and oxygen atoms in total. The number of aryl methyl sites for hydroxylation is 2. The highest BCUT2D eigenvalue weighted by Crippen LogP contribution is 2.26. The lowest BCUT2D eigenvalue weighted by molar-refractivity contribution is -0.139. The van der Waals surface area contributed by atoms with E-state index in [1.54, 1.807) is 33.1 Å². The summed E-state index contributed by atoms with van der Waals surface area (Å²) in [6.07, 6.45) is 2.93. The number of carbonyl (C=O) groups is 2. The Labute approximate surface area is 135 Å². The number of methoxy groups -OCH3 is 1. The van der Waals surface area contributed by atoms with Crippen molar-refractivity contribution in [2.45, 2.75) is 45.3 Å². The Morgan fingerprint density at radius 3 is 2.43 bits per heavy atom. The van der Waals surface area contributed by atoms with Crippen molar-refractivity contribution in [1.29, 1.82) is 0 Å².